The van der Waals surface area contributed by atoms with Crippen molar-refractivity contribution < 1.29 is 13.2 Å². The standard InChI is InChI=1S/C12H14F3N3/c13-12(14,15)10-4-1-3-9(7-10)8-18-11-16-5-2-6-17-11/h1,3-4,7H,2,5-6,8H2,(H2,16,17,18). The number of alkyl halides is 3. The van der Waals surface area contributed by atoms with Gasteiger partial charge in [-0.3, -0.25) is 4.99 Å². The average molecular weight is 257 g/mol. The molecule has 0 saturated heterocycles. The number of aliphatic imine (C=N–C) groups is 1. The van der Waals surface area contributed by atoms with Crippen LogP contribution in [0.5, 0.6) is 0 Å². The van der Waals surface area contributed by atoms with Gasteiger partial charge in [0, 0.05) is 19.6 Å². The van der Waals surface area contributed by atoms with Crippen molar-refractivity contribution in [1.29, 1.82) is 0 Å². The van der Waals surface area contributed by atoms with Gasteiger partial charge in [0.2, 0.25) is 0 Å². The Kier molecular flexibility index (Phi) is 3.74. The van der Waals surface area contributed by atoms with E-state index in [1.165, 1.54) is 6.07 Å². The molecule has 1 aliphatic rings. The molecule has 0 aromatic heterocycles. The van der Waals surface area contributed by atoms with Crippen LogP contribution in [0.3, 0.4) is 0 Å². The van der Waals surface area contributed by atoms with Crippen LogP contribution in [0.25, 0.3) is 0 Å². The van der Waals surface area contributed by atoms with Crippen molar-refractivity contribution in [3.05, 3.63) is 35.4 Å². The van der Waals surface area contributed by atoms with Gasteiger partial charge in [-0.2, -0.15) is 13.2 Å². The Hall–Kier alpha value is -1.72. The van der Waals surface area contributed by atoms with Crippen molar-refractivity contribution >= 4 is 5.96 Å². The van der Waals surface area contributed by atoms with Crippen molar-refractivity contribution in [2.75, 3.05) is 13.1 Å². The Morgan fingerprint density at radius 2 is 2.17 bits per heavy atom. The van der Waals surface area contributed by atoms with Crippen molar-refractivity contribution in [2.45, 2.75) is 19.1 Å². The van der Waals surface area contributed by atoms with E-state index in [-0.39, 0.29) is 0 Å². The lowest BCUT2D eigenvalue weighted by molar-refractivity contribution is -0.137. The summed E-state index contributed by atoms with van der Waals surface area (Å²) in [5.74, 6) is 0.652. The van der Waals surface area contributed by atoms with E-state index in [1.807, 2.05) is 0 Å². The van der Waals surface area contributed by atoms with Crippen LogP contribution >= 0.6 is 0 Å². The third kappa shape index (κ3) is 3.38. The van der Waals surface area contributed by atoms with Gasteiger partial charge in [0.25, 0.3) is 0 Å². The predicted molar refractivity (Wildman–Crippen MR) is 63.2 cm³/mol. The Morgan fingerprint density at radius 3 is 2.83 bits per heavy atom. The summed E-state index contributed by atoms with van der Waals surface area (Å²) >= 11 is 0. The molecule has 98 valence electrons. The summed E-state index contributed by atoms with van der Waals surface area (Å²) < 4.78 is 37.5. The molecule has 0 spiro atoms. The van der Waals surface area contributed by atoms with E-state index >= 15 is 0 Å². The van der Waals surface area contributed by atoms with Gasteiger partial charge in [0.15, 0.2) is 5.96 Å². The molecule has 1 aliphatic heterocycles. The first-order valence-electron chi connectivity index (χ1n) is 5.74. The van der Waals surface area contributed by atoms with Crippen LogP contribution in [0.4, 0.5) is 13.2 Å². The number of guanidine groups is 1. The molecule has 2 N–H and O–H groups in total. The number of nitrogens with zero attached hydrogens (tertiary/aromatic N) is 1. The first-order chi connectivity index (χ1) is 8.55. The monoisotopic (exact) mass is 257 g/mol. The number of halogens is 3. The molecule has 2 rings (SSSR count). The van der Waals surface area contributed by atoms with Gasteiger partial charge in [0.1, 0.15) is 0 Å². The van der Waals surface area contributed by atoms with Crippen LogP contribution in [-0.4, -0.2) is 19.0 Å². The van der Waals surface area contributed by atoms with Gasteiger partial charge in [0.05, 0.1) is 5.56 Å². The first-order valence-corrected chi connectivity index (χ1v) is 5.74. The number of hydrogen-bond donors (Lipinski definition) is 2. The lowest BCUT2D eigenvalue weighted by Crippen LogP contribution is -2.40. The normalized spacial score (nSPS) is 15.8. The fourth-order valence-electron chi connectivity index (χ4n) is 1.69. The van der Waals surface area contributed by atoms with E-state index in [0.717, 1.165) is 31.6 Å². The van der Waals surface area contributed by atoms with E-state index in [0.29, 0.717) is 18.1 Å². The summed E-state index contributed by atoms with van der Waals surface area (Å²) in [5, 5.41) is 6.04. The third-order valence-electron chi connectivity index (χ3n) is 2.61. The maximum atomic E-state index is 12.5. The molecule has 1 aromatic carbocycles. The minimum absolute atomic E-state index is 0.329. The molecule has 18 heavy (non-hydrogen) atoms. The summed E-state index contributed by atoms with van der Waals surface area (Å²) in [6.45, 7) is 1.92. The molecule has 0 aliphatic carbocycles. The highest BCUT2D eigenvalue weighted by molar-refractivity contribution is 5.80. The highest BCUT2D eigenvalue weighted by Gasteiger charge is 2.30. The zero-order valence-corrected chi connectivity index (χ0v) is 9.72. The van der Waals surface area contributed by atoms with Gasteiger partial charge >= 0.3 is 6.18 Å². The first kappa shape index (κ1) is 12.7. The van der Waals surface area contributed by atoms with Gasteiger partial charge in [-0.1, -0.05) is 12.1 Å². The number of hydrogen-bond acceptors (Lipinski definition) is 3. The van der Waals surface area contributed by atoms with E-state index < -0.39 is 11.7 Å². The van der Waals surface area contributed by atoms with Gasteiger partial charge in [-0.15, -0.1) is 0 Å². The number of benzene rings is 1. The molecule has 6 heteroatoms. The van der Waals surface area contributed by atoms with Crippen LogP contribution in [0.2, 0.25) is 0 Å². The molecule has 3 nitrogen and oxygen atoms in total. The molecule has 0 amide bonds. The average Bonchev–Trinajstić information content (AvgIpc) is 2.37. The maximum absolute atomic E-state index is 12.5. The van der Waals surface area contributed by atoms with E-state index in [1.54, 1.807) is 6.07 Å². The number of nitrogens with one attached hydrogen (secondary N) is 2. The van der Waals surface area contributed by atoms with E-state index in [2.05, 4.69) is 15.6 Å². The minimum Gasteiger partial charge on any atom is -0.356 e. The highest BCUT2D eigenvalue weighted by atomic mass is 19.4. The second-order valence-corrected chi connectivity index (χ2v) is 4.06. The Morgan fingerprint density at radius 1 is 1.33 bits per heavy atom. The molecule has 1 heterocycles. The zero-order chi connectivity index (χ0) is 13.0. The van der Waals surface area contributed by atoms with Crippen LogP contribution in [0.15, 0.2) is 29.3 Å². The lowest BCUT2D eigenvalue weighted by Gasteiger charge is -2.16. The maximum Gasteiger partial charge on any atom is 0.416 e. The topological polar surface area (TPSA) is 36.4 Å². The van der Waals surface area contributed by atoms with Gasteiger partial charge < -0.3 is 10.6 Å². The summed E-state index contributed by atoms with van der Waals surface area (Å²) in [5.41, 5.74) is -0.0414. The van der Waals surface area contributed by atoms with Crippen LogP contribution in [-0.2, 0) is 12.7 Å². The largest absolute Gasteiger partial charge is 0.416 e. The van der Waals surface area contributed by atoms with Crippen molar-refractivity contribution in [3.63, 3.8) is 0 Å². The van der Waals surface area contributed by atoms with Crippen LogP contribution in [0.1, 0.15) is 17.5 Å². The van der Waals surface area contributed by atoms with Crippen LogP contribution in [0, 0.1) is 0 Å². The van der Waals surface area contributed by atoms with Gasteiger partial charge in [-0.25, -0.2) is 0 Å². The third-order valence-corrected chi connectivity index (χ3v) is 2.61. The molecular formula is C12H14F3N3. The summed E-state index contributed by atoms with van der Waals surface area (Å²) in [7, 11) is 0. The highest BCUT2D eigenvalue weighted by Crippen LogP contribution is 2.29. The molecule has 0 atom stereocenters. The van der Waals surface area contributed by atoms with E-state index in [9.17, 15) is 13.2 Å². The summed E-state index contributed by atoms with van der Waals surface area (Å²) in [4.78, 5) is 4.19. The Balaban J connectivity index is 1.99. The molecular weight excluding hydrogens is 243 g/mol. The van der Waals surface area contributed by atoms with Crippen LogP contribution < -0.4 is 10.6 Å². The lowest BCUT2D eigenvalue weighted by atomic mass is 10.1. The molecule has 0 fully saturated rings. The summed E-state index contributed by atoms with van der Waals surface area (Å²) in [6, 6.07) is 5.29. The van der Waals surface area contributed by atoms with Crippen molar-refractivity contribution in [3.8, 4) is 0 Å². The molecule has 0 bridgehead atoms. The Labute approximate surface area is 103 Å². The molecule has 0 unspecified atom stereocenters. The second-order valence-electron chi connectivity index (χ2n) is 4.06. The molecule has 1 aromatic rings. The fourth-order valence-corrected chi connectivity index (χ4v) is 1.69. The fraction of sp³-hybridized carbons (Fsp3) is 0.417. The van der Waals surface area contributed by atoms with E-state index in [4.69, 9.17) is 0 Å². The number of rotatable bonds is 2. The summed E-state index contributed by atoms with van der Waals surface area (Å²) in [6.07, 6.45) is -3.31. The van der Waals surface area contributed by atoms with Crippen molar-refractivity contribution in [2.24, 2.45) is 4.99 Å². The molecule has 0 saturated carbocycles. The minimum atomic E-state index is -4.30. The molecule has 0 radical (unpaired) electrons. The predicted octanol–water partition coefficient (Wildman–Crippen LogP) is 2.14. The Bertz CT molecular complexity index is 440. The smallest absolute Gasteiger partial charge is 0.356 e. The van der Waals surface area contributed by atoms with Gasteiger partial charge in [-0.05, 0) is 24.1 Å². The quantitative estimate of drug-likeness (QED) is 0.851. The van der Waals surface area contributed by atoms with Crippen molar-refractivity contribution in [1.82, 2.24) is 10.6 Å². The zero-order valence-electron chi connectivity index (χ0n) is 9.72. The second kappa shape index (κ2) is 5.29. The SMILES string of the molecule is FC(F)(F)c1cccc(CNC2=NCCCN2)c1.